The van der Waals surface area contributed by atoms with Crippen LogP contribution in [0, 0.1) is 12.7 Å². The number of furan rings is 1. The molecule has 1 atom stereocenters. The van der Waals surface area contributed by atoms with Crippen LogP contribution < -0.4 is 5.32 Å². The van der Waals surface area contributed by atoms with Crippen LogP contribution in [0.2, 0.25) is 0 Å². The lowest BCUT2D eigenvalue weighted by atomic mass is 10.1. The number of aryl methyl sites for hydroxylation is 1. The van der Waals surface area contributed by atoms with Crippen molar-refractivity contribution in [2.24, 2.45) is 0 Å². The fraction of sp³-hybridized carbons (Fsp3) is 0.409. The highest BCUT2D eigenvalue weighted by molar-refractivity contribution is 5.90. The number of rotatable bonds is 6. The molecule has 2 aromatic heterocycles. The molecule has 2 N–H and O–H groups in total. The number of hydrogen-bond acceptors (Lipinski definition) is 3. The summed E-state index contributed by atoms with van der Waals surface area (Å²) in [7, 11) is 0. The van der Waals surface area contributed by atoms with Gasteiger partial charge in [-0.1, -0.05) is 6.42 Å². The van der Waals surface area contributed by atoms with Crippen LogP contribution in [-0.4, -0.2) is 35.4 Å². The van der Waals surface area contributed by atoms with Gasteiger partial charge in [-0.05, 0) is 68.8 Å². The molecular formula is C22H26FN3O2. The van der Waals surface area contributed by atoms with Crippen LogP contribution in [0.4, 0.5) is 4.39 Å². The number of benzene rings is 1. The number of fused-ring (bicyclic) bond motifs is 1. The number of aromatic nitrogens is 1. The van der Waals surface area contributed by atoms with E-state index in [0.29, 0.717) is 6.54 Å². The number of piperidine rings is 1. The number of halogens is 1. The molecule has 1 unspecified atom stereocenters. The molecule has 148 valence electrons. The van der Waals surface area contributed by atoms with Crippen LogP contribution in [-0.2, 0) is 11.2 Å². The minimum absolute atomic E-state index is 0.0424. The van der Waals surface area contributed by atoms with Crippen molar-refractivity contribution in [3.63, 3.8) is 0 Å². The molecule has 4 rings (SSSR count). The molecule has 0 aliphatic carbocycles. The first kappa shape index (κ1) is 18.7. The fourth-order valence-electron chi connectivity index (χ4n) is 4.14. The Morgan fingerprint density at radius 1 is 1.29 bits per heavy atom. The highest BCUT2D eigenvalue weighted by atomic mass is 19.1. The molecule has 1 aromatic carbocycles. The van der Waals surface area contributed by atoms with E-state index in [4.69, 9.17) is 4.42 Å². The van der Waals surface area contributed by atoms with Crippen molar-refractivity contribution in [1.82, 2.24) is 15.2 Å². The average molecular weight is 383 g/mol. The lowest BCUT2D eigenvalue weighted by Gasteiger charge is -2.33. The highest BCUT2D eigenvalue weighted by Gasteiger charge is 2.25. The van der Waals surface area contributed by atoms with E-state index in [9.17, 15) is 9.18 Å². The summed E-state index contributed by atoms with van der Waals surface area (Å²) in [6.07, 6.45) is 5.50. The Labute approximate surface area is 163 Å². The van der Waals surface area contributed by atoms with E-state index in [1.807, 2.05) is 19.1 Å². The standard InChI is InChI=1S/C22H26FN3O2/c1-15-17(18-12-16(23)7-8-19(18)25-15)13-22(27)24-14-20(21-6-5-11-28-21)26-9-3-2-4-10-26/h5-8,11-12,20,25H,2-4,9-10,13-14H2,1H3,(H,24,27). The Balaban J connectivity index is 1.45. The zero-order valence-corrected chi connectivity index (χ0v) is 16.1. The zero-order chi connectivity index (χ0) is 19.5. The Morgan fingerprint density at radius 2 is 2.11 bits per heavy atom. The van der Waals surface area contributed by atoms with E-state index < -0.39 is 0 Å². The minimum atomic E-state index is -0.295. The van der Waals surface area contributed by atoms with Gasteiger partial charge in [0, 0.05) is 23.1 Å². The molecular weight excluding hydrogens is 357 g/mol. The molecule has 0 saturated carbocycles. The smallest absolute Gasteiger partial charge is 0.224 e. The maximum Gasteiger partial charge on any atom is 0.224 e. The second-order valence-corrected chi connectivity index (χ2v) is 7.53. The quantitative estimate of drug-likeness (QED) is 0.674. The maximum atomic E-state index is 13.6. The van der Waals surface area contributed by atoms with Gasteiger partial charge in [-0.15, -0.1) is 0 Å². The molecule has 6 heteroatoms. The molecule has 0 radical (unpaired) electrons. The van der Waals surface area contributed by atoms with E-state index in [1.165, 1.54) is 31.4 Å². The van der Waals surface area contributed by atoms with E-state index in [0.717, 1.165) is 41.0 Å². The Morgan fingerprint density at radius 3 is 2.86 bits per heavy atom. The van der Waals surface area contributed by atoms with Crippen molar-refractivity contribution in [1.29, 1.82) is 0 Å². The van der Waals surface area contributed by atoms with Crippen LogP contribution >= 0.6 is 0 Å². The number of hydrogen-bond donors (Lipinski definition) is 2. The van der Waals surface area contributed by atoms with Gasteiger partial charge in [0.05, 0.1) is 18.7 Å². The lowest BCUT2D eigenvalue weighted by molar-refractivity contribution is -0.120. The molecule has 28 heavy (non-hydrogen) atoms. The van der Waals surface area contributed by atoms with Crippen LogP contribution in [0.1, 0.15) is 42.3 Å². The lowest BCUT2D eigenvalue weighted by Crippen LogP contribution is -2.40. The Bertz CT molecular complexity index is 942. The summed E-state index contributed by atoms with van der Waals surface area (Å²) in [5.74, 6) is 0.519. The molecule has 5 nitrogen and oxygen atoms in total. The number of aromatic amines is 1. The Kier molecular flexibility index (Phi) is 5.48. The third kappa shape index (κ3) is 3.97. The summed E-state index contributed by atoms with van der Waals surface area (Å²) in [5, 5.41) is 3.83. The highest BCUT2D eigenvalue weighted by Crippen LogP contribution is 2.26. The molecule has 3 aromatic rings. The topological polar surface area (TPSA) is 61.3 Å². The molecule has 0 bridgehead atoms. The van der Waals surface area contributed by atoms with Crippen molar-refractivity contribution in [2.45, 2.75) is 38.6 Å². The summed E-state index contributed by atoms with van der Waals surface area (Å²) in [6, 6.07) is 8.52. The number of carbonyl (C=O) groups excluding carboxylic acids is 1. The number of likely N-dealkylation sites (tertiary alicyclic amines) is 1. The zero-order valence-electron chi connectivity index (χ0n) is 16.1. The van der Waals surface area contributed by atoms with Gasteiger partial charge in [0.1, 0.15) is 11.6 Å². The second-order valence-electron chi connectivity index (χ2n) is 7.53. The number of carbonyl (C=O) groups is 1. The predicted molar refractivity (Wildman–Crippen MR) is 107 cm³/mol. The molecule has 1 fully saturated rings. The predicted octanol–water partition coefficient (Wildman–Crippen LogP) is 4.09. The number of amides is 1. The molecule has 1 aliphatic rings. The molecule has 0 spiro atoms. The third-order valence-electron chi connectivity index (χ3n) is 5.61. The van der Waals surface area contributed by atoms with Gasteiger partial charge in [-0.3, -0.25) is 9.69 Å². The number of nitrogens with one attached hydrogen (secondary N) is 2. The number of H-pyrrole nitrogens is 1. The van der Waals surface area contributed by atoms with Gasteiger partial charge >= 0.3 is 0 Å². The largest absolute Gasteiger partial charge is 0.468 e. The first-order valence-electron chi connectivity index (χ1n) is 9.92. The fourth-order valence-corrected chi connectivity index (χ4v) is 4.14. The average Bonchev–Trinajstić information content (AvgIpc) is 3.32. The van der Waals surface area contributed by atoms with Crippen LogP contribution in [0.3, 0.4) is 0 Å². The summed E-state index contributed by atoms with van der Waals surface area (Å²) < 4.78 is 19.3. The molecule has 1 aliphatic heterocycles. The SMILES string of the molecule is Cc1[nH]c2ccc(F)cc2c1CC(=O)NCC(c1ccco1)N1CCCCC1. The first-order chi connectivity index (χ1) is 13.6. The van der Waals surface area contributed by atoms with E-state index in [1.54, 1.807) is 12.3 Å². The van der Waals surface area contributed by atoms with Crippen LogP contribution in [0.5, 0.6) is 0 Å². The van der Waals surface area contributed by atoms with Gasteiger partial charge in [0.15, 0.2) is 0 Å². The molecule has 1 saturated heterocycles. The maximum absolute atomic E-state index is 13.6. The third-order valence-corrected chi connectivity index (χ3v) is 5.61. The van der Waals surface area contributed by atoms with E-state index >= 15 is 0 Å². The molecule has 3 heterocycles. The summed E-state index contributed by atoms with van der Waals surface area (Å²) in [6.45, 7) is 4.45. The van der Waals surface area contributed by atoms with E-state index in [2.05, 4.69) is 15.2 Å². The summed E-state index contributed by atoms with van der Waals surface area (Å²) in [5.41, 5.74) is 2.59. The Hall–Kier alpha value is -2.60. The number of nitrogens with zero attached hydrogens (tertiary/aromatic N) is 1. The van der Waals surface area contributed by atoms with Crippen molar-refractivity contribution in [3.8, 4) is 0 Å². The van der Waals surface area contributed by atoms with Crippen molar-refractivity contribution in [2.75, 3.05) is 19.6 Å². The normalized spacial score (nSPS) is 16.4. The first-order valence-corrected chi connectivity index (χ1v) is 9.92. The van der Waals surface area contributed by atoms with Crippen molar-refractivity contribution in [3.05, 3.63) is 59.4 Å². The minimum Gasteiger partial charge on any atom is -0.468 e. The van der Waals surface area contributed by atoms with Crippen LogP contribution in [0.15, 0.2) is 41.0 Å². The van der Waals surface area contributed by atoms with Gasteiger partial charge in [0.2, 0.25) is 5.91 Å². The monoisotopic (exact) mass is 383 g/mol. The summed E-state index contributed by atoms with van der Waals surface area (Å²) in [4.78, 5) is 18.3. The van der Waals surface area contributed by atoms with Gasteiger partial charge in [0.25, 0.3) is 0 Å². The van der Waals surface area contributed by atoms with Crippen molar-refractivity contribution >= 4 is 16.8 Å². The van der Waals surface area contributed by atoms with Gasteiger partial charge < -0.3 is 14.7 Å². The van der Waals surface area contributed by atoms with Gasteiger partial charge in [-0.2, -0.15) is 0 Å². The summed E-state index contributed by atoms with van der Waals surface area (Å²) >= 11 is 0. The van der Waals surface area contributed by atoms with Gasteiger partial charge in [-0.25, -0.2) is 4.39 Å². The molecule has 1 amide bonds. The van der Waals surface area contributed by atoms with Crippen LogP contribution in [0.25, 0.3) is 10.9 Å². The second kappa shape index (κ2) is 8.19. The van der Waals surface area contributed by atoms with E-state index in [-0.39, 0.29) is 24.2 Å². The van der Waals surface area contributed by atoms with Crippen molar-refractivity contribution < 1.29 is 13.6 Å².